The van der Waals surface area contributed by atoms with Crippen molar-refractivity contribution in [2.75, 3.05) is 5.32 Å². The predicted octanol–water partition coefficient (Wildman–Crippen LogP) is 3.89. The number of nitrogens with one attached hydrogen (secondary N) is 1. The molecule has 0 radical (unpaired) electrons. The lowest BCUT2D eigenvalue weighted by Gasteiger charge is -2.24. The third-order valence-corrected chi connectivity index (χ3v) is 3.65. The Bertz CT molecular complexity index is 399. The fourth-order valence-corrected chi connectivity index (χ4v) is 2.40. The molecule has 0 saturated heterocycles. The van der Waals surface area contributed by atoms with Gasteiger partial charge < -0.3 is 5.32 Å². The van der Waals surface area contributed by atoms with Crippen LogP contribution in [-0.4, -0.2) is 5.91 Å². The largest absolute Gasteiger partial charge is 0.326 e. The van der Waals surface area contributed by atoms with Gasteiger partial charge >= 0.3 is 0 Å². The Balaban J connectivity index is 1.94. The van der Waals surface area contributed by atoms with Crippen LogP contribution in [0, 0.1) is 12.8 Å². The number of carbonyl (C=O) groups is 1. The summed E-state index contributed by atoms with van der Waals surface area (Å²) >= 11 is 3.41. The van der Waals surface area contributed by atoms with Crippen molar-refractivity contribution in [1.29, 1.82) is 0 Å². The summed E-state index contributed by atoms with van der Waals surface area (Å²) in [6.07, 6.45) is 4.39. The molecule has 1 saturated carbocycles. The molecule has 0 heterocycles. The van der Waals surface area contributed by atoms with Crippen molar-refractivity contribution < 1.29 is 4.79 Å². The van der Waals surface area contributed by atoms with Gasteiger partial charge in [0.25, 0.3) is 0 Å². The summed E-state index contributed by atoms with van der Waals surface area (Å²) in [6, 6.07) is 5.91. The van der Waals surface area contributed by atoms with Gasteiger partial charge in [-0.1, -0.05) is 22.4 Å². The normalized spacial score (nSPS) is 15.6. The van der Waals surface area contributed by atoms with Gasteiger partial charge in [0.05, 0.1) is 0 Å². The molecule has 1 amide bonds. The zero-order valence-electron chi connectivity index (χ0n) is 9.42. The van der Waals surface area contributed by atoms with Gasteiger partial charge in [0, 0.05) is 16.6 Å². The summed E-state index contributed by atoms with van der Waals surface area (Å²) in [5, 5.41) is 2.98. The van der Waals surface area contributed by atoms with E-state index in [1.54, 1.807) is 0 Å². The minimum Gasteiger partial charge on any atom is -0.326 e. The van der Waals surface area contributed by atoms with E-state index in [1.807, 2.05) is 25.1 Å². The lowest BCUT2D eigenvalue weighted by Crippen LogP contribution is -2.21. The highest BCUT2D eigenvalue weighted by Crippen LogP contribution is 2.30. The Kier molecular flexibility index (Phi) is 3.64. The van der Waals surface area contributed by atoms with Crippen molar-refractivity contribution in [2.45, 2.75) is 32.6 Å². The number of anilines is 1. The molecular weight excluding hydrogens is 266 g/mol. The molecular formula is C13H16BrNO. The molecule has 0 aliphatic heterocycles. The zero-order valence-corrected chi connectivity index (χ0v) is 11.0. The Morgan fingerprint density at radius 3 is 2.81 bits per heavy atom. The van der Waals surface area contributed by atoms with Crippen LogP contribution in [0.15, 0.2) is 22.7 Å². The van der Waals surface area contributed by atoms with Gasteiger partial charge in [-0.2, -0.15) is 0 Å². The van der Waals surface area contributed by atoms with Crippen LogP contribution in [0.5, 0.6) is 0 Å². The van der Waals surface area contributed by atoms with Crippen LogP contribution in [0.25, 0.3) is 0 Å². The van der Waals surface area contributed by atoms with E-state index in [9.17, 15) is 4.79 Å². The summed E-state index contributed by atoms with van der Waals surface area (Å²) in [6.45, 7) is 2.00. The maximum Gasteiger partial charge on any atom is 0.224 e. The first-order valence-corrected chi connectivity index (χ1v) is 6.50. The average Bonchev–Trinajstić information content (AvgIpc) is 2.16. The van der Waals surface area contributed by atoms with Crippen LogP contribution >= 0.6 is 15.9 Å². The van der Waals surface area contributed by atoms with Crippen LogP contribution in [0.3, 0.4) is 0 Å². The Morgan fingerprint density at radius 1 is 1.50 bits per heavy atom. The van der Waals surface area contributed by atoms with E-state index in [-0.39, 0.29) is 5.91 Å². The molecule has 86 valence electrons. The third kappa shape index (κ3) is 2.85. The molecule has 1 aromatic carbocycles. The van der Waals surface area contributed by atoms with E-state index >= 15 is 0 Å². The summed E-state index contributed by atoms with van der Waals surface area (Å²) in [5.41, 5.74) is 2.02. The Hall–Kier alpha value is -0.830. The third-order valence-electron chi connectivity index (χ3n) is 3.16. The lowest BCUT2D eigenvalue weighted by molar-refractivity contribution is -0.117. The molecule has 1 aliphatic rings. The van der Waals surface area contributed by atoms with E-state index < -0.39 is 0 Å². The topological polar surface area (TPSA) is 29.1 Å². The van der Waals surface area contributed by atoms with Crippen molar-refractivity contribution in [3.05, 3.63) is 28.2 Å². The summed E-state index contributed by atoms with van der Waals surface area (Å²) < 4.78 is 1.04. The van der Waals surface area contributed by atoms with Crippen LogP contribution in [0.1, 0.15) is 31.2 Å². The van der Waals surface area contributed by atoms with Gasteiger partial charge in [-0.05, 0) is 49.4 Å². The highest BCUT2D eigenvalue weighted by atomic mass is 79.9. The molecule has 1 N–H and O–H groups in total. The zero-order chi connectivity index (χ0) is 11.5. The van der Waals surface area contributed by atoms with Crippen molar-refractivity contribution in [3.8, 4) is 0 Å². The molecule has 16 heavy (non-hydrogen) atoms. The van der Waals surface area contributed by atoms with E-state index in [1.165, 1.54) is 19.3 Å². The summed E-state index contributed by atoms with van der Waals surface area (Å²) in [4.78, 5) is 11.7. The number of carbonyl (C=O) groups excluding carboxylic acids is 1. The molecule has 2 nitrogen and oxygen atoms in total. The second-order valence-corrected chi connectivity index (χ2v) is 5.42. The monoisotopic (exact) mass is 281 g/mol. The minimum atomic E-state index is 0.148. The number of halogens is 1. The lowest BCUT2D eigenvalue weighted by atomic mass is 9.83. The van der Waals surface area contributed by atoms with Gasteiger partial charge in [0.2, 0.25) is 5.91 Å². The highest BCUT2D eigenvalue weighted by Gasteiger charge is 2.20. The van der Waals surface area contributed by atoms with Crippen molar-refractivity contribution in [3.63, 3.8) is 0 Å². The molecule has 1 aromatic rings. The van der Waals surface area contributed by atoms with Crippen LogP contribution in [-0.2, 0) is 4.79 Å². The number of aryl methyl sites for hydroxylation is 1. The molecule has 1 aliphatic carbocycles. The molecule has 1 fully saturated rings. The van der Waals surface area contributed by atoms with Gasteiger partial charge in [-0.3, -0.25) is 4.79 Å². The quantitative estimate of drug-likeness (QED) is 0.895. The first-order valence-electron chi connectivity index (χ1n) is 5.71. The SMILES string of the molecule is Cc1cc(Br)ccc1NC(=O)CC1CCC1. The van der Waals surface area contributed by atoms with Gasteiger partial charge in [0.1, 0.15) is 0 Å². The summed E-state index contributed by atoms with van der Waals surface area (Å²) in [7, 11) is 0. The maximum atomic E-state index is 11.7. The number of hydrogen-bond donors (Lipinski definition) is 1. The van der Waals surface area contributed by atoms with Gasteiger partial charge in [0.15, 0.2) is 0 Å². The first-order chi connectivity index (χ1) is 7.65. The van der Waals surface area contributed by atoms with Gasteiger partial charge in [-0.25, -0.2) is 0 Å². The number of rotatable bonds is 3. The van der Waals surface area contributed by atoms with E-state index in [0.717, 1.165) is 15.7 Å². The number of amides is 1. The second-order valence-electron chi connectivity index (χ2n) is 4.51. The van der Waals surface area contributed by atoms with Crippen LogP contribution in [0.2, 0.25) is 0 Å². The molecule has 0 atom stereocenters. The maximum absolute atomic E-state index is 11.7. The van der Waals surface area contributed by atoms with E-state index in [2.05, 4.69) is 21.2 Å². The van der Waals surface area contributed by atoms with Crippen molar-refractivity contribution >= 4 is 27.5 Å². The minimum absolute atomic E-state index is 0.148. The fourth-order valence-electron chi connectivity index (χ4n) is 1.93. The van der Waals surface area contributed by atoms with Crippen LogP contribution in [0.4, 0.5) is 5.69 Å². The Labute approximate surface area is 105 Å². The smallest absolute Gasteiger partial charge is 0.224 e. The number of benzene rings is 1. The average molecular weight is 282 g/mol. The molecule has 0 bridgehead atoms. The standard InChI is InChI=1S/C13H16BrNO/c1-9-7-11(14)5-6-12(9)15-13(16)8-10-3-2-4-10/h5-7,10H,2-4,8H2,1H3,(H,15,16). The summed E-state index contributed by atoms with van der Waals surface area (Å²) in [5.74, 6) is 0.769. The molecule has 0 unspecified atom stereocenters. The molecule has 2 rings (SSSR count). The molecule has 0 aromatic heterocycles. The highest BCUT2D eigenvalue weighted by molar-refractivity contribution is 9.10. The molecule has 0 spiro atoms. The number of hydrogen-bond acceptors (Lipinski definition) is 1. The fraction of sp³-hybridized carbons (Fsp3) is 0.462. The van der Waals surface area contributed by atoms with Gasteiger partial charge in [-0.15, -0.1) is 0 Å². The van der Waals surface area contributed by atoms with Crippen LogP contribution < -0.4 is 5.32 Å². The predicted molar refractivity (Wildman–Crippen MR) is 69.5 cm³/mol. The second kappa shape index (κ2) is 5.00. The first kappa shape index (κ1) is 11.6. The van der Waals surface area contributed by atoms with Crippen molar-refractivity contribution in [1.82, 2.24) is 0 Å². The van der Waals surface area contributed by atoms with Crippen molar-refractivity contribution in [2.24, 2.45) is 5.92 Å². The van der Waals surface area contributed by atoms with E-state index in [4.69, 9.17) is 0 Å². The van der Waals surface area contributed by atoms with E-state index in [0.29, 0.717) is 12.3 Å². The Morgan fingerprint density at radius 2 is 2.25 bits per heavy atom. The molecule has 3 heteroatoms.